The van der Waals surface area contributed by atoms with Crippen LogP contribution in [0, 0.1) is 0 Å². The van der Waals surface area contributed by atoms with Crippen molar-refractivity contribution in [1.29, 1.82) is 0 Å². The van der Waals surface area contributed by atoms with Gasteiger partial charge in [-0.1, -0.05) is 63.2 Å². The van der Waals surface area contributed by atoms with Crippen LogP contribution in [0.2, 0.25) is 0 Å². The van der Waals surface area contributed by atoms with E-state index in [0.717, 1.165) is 21.7 Å². The molecule has 0 aliphatic heterocycles. The van der Waals surface area contributed by atoms with Crippen LogP contribution in [0.5, 0.6) is 5.75 Å². The fraction of sp³-hybridized carbons (Fsp3) is 0.261. The fourth-order valence-corrected chi connectivity index (χ4v) is 5.34. The second-order valence-electron chi connectivity index (χ2n) is 7.61. The molecular formula is C23H25NO3S2. The van der Waals surface area contributed by atoms with E-state index in [0.29, 0.717) is 5.75 Å². The highest BCUT2D eigenvalue weighted by Crippen LogP contribution is 2.48. The molecule has 0 bridgehead atoms. The summed E-state index contributed by atoms with van der Waals surface area (Å²) in [4.78, 5) is 12.1. The topological polar surface area (TPSA) is 61.5 Å². The van der Waals surface area contributed by atoms with E-state index in [4.69, 9.17) is 15.2 Å². The molecule has 0 saturated heterocycles. The van der Waals surface area contributed by atoms with Crippen molar-refractivity contribution >= 4 is 34.3 Å². The Balaban J connectivity index is 1.82. The lowest BCUT2D eigenvalue weighted by atomic mass is 9.84. The molecule has 0 radical (unpaired) electrons. The predicted octanol–water partition coefficient (Wildman–Crippen LogP) is 6.73. The van der Waals surface area contributed by atoms with E-state index >= 15 is 0 Å². The van der Waals surface area contributed by atoms with Crippen molar-refractivity contribution < 1.29 is 14.3 Å². The van der Waals surface area contributed by atoms with Gasteiger partial charge in [-0.15, -0.1) is 23.1 Å². The molecule has 1 heterocycles. The van der Waals surface area contributed by atoms with Crippen molar-refractivity contribution in [3.63, 3.8) is 0 Å². The second kappa shape index (κ2) is 8.93. The third-order valence-corrected chi connectivity index (χ3v) is 6.50. The molecular weight excluding hydrogens is 402 g/mol. The van der Waals surface area contributed by atoms with Crippen LogP contribution in [0.1, 0.15) is 31.9 Å². The molecule has 0 aliphatic rings. The molecule has 29 heavy (non-hydrogen) atoms. The van der Waals surface area contributed by atoms with Gasteiger partial charge in [0.15, 0.2) is 0 Å². The SMILES string of the molecule is CSc1sc(N)c(-c2cccc(OC(=O)OCc3ccccc3)c2)c1C(C)(C)C. The number of ether oxygens (including phenoxy) is 2. The van der Waals surface area contributed by atoms with E-state index in [1.807, 2.05) is 48.5 Å². The van der Waals surface area contributed by atoms with Gasteiger partial charge < -0.3 is 15.2 Å². The Kier molecular flexibility index (Phi) is 6.55. The Labute approximate surface area is 180 Å². The van der Waals surface area contributed by atoms with Gasteiger partial charge in [0.25, 0.3) is 0 Å². The summed E-state index contributed by atoms with van der Waals surface area (Å²) in [7, 11) is 0. The van der Waals surface area contributed by atoms with Crippen molar-refractivity contribution in [3.05, 3.63) is 65.7 Å². The minimum atomic E-state index is -0.731. The smallest absolute Gasteiger partial charge is 0.429 e. The number of thiophene rings is 1. The number of carbonyl (C=O) groups excluding carboxylic acids is 1. The summed E-state index contributed by atoms with van der Waals surface area (Å²) in [6, 6.07) is 16.9. The normalized spacial score (nSPS) is 11.3. The Bertz CT molecular complexity index is 991. The van der Waals surface area contributed by atoms with E-state index in [-0.39, 0.29) is 12.0 Å². The van der Waals surface area contributed by atoms with Crippen LogP contribution in [0.4, 0.5) is 9.80 Å². The molecule has 152 valence electrons. The third kappa shape index (κ3) is 5.14. The van der Waals surface area contributed by atoms with Gasteiger partial charge in [-0.25, -0.2) is 4.79 Å². The molecule has 2 aromatic carbocycles. The minimum Gasteiger partial charge on any atom is -0.429 e. The maximum Gasteiger partial charge on any atom is 0.514 e. The van der Waals surface area contributed by atoms with E-state index in [2.05, 4.69) is 27.0 Å². The molecule has 1 aromatic heterocycles. The molecule has 0 spiro atoms. The molecule has 4 nitrogen and oxygen atoms in total. The number of benzene rings is 2. The van der Waals surface area contributed by atoms with Gasteiger partial charge in [-0.3, -0.25) is 0 Å². The summed E-state index contributed by atoms with van der Waals surface area (Å²) in [5, 5.41) is 0.767. The lowest BCUT2D eigenvalue weighted by Crippen LogP contribution is -2.13. The van der Waals surface area contributed by atoms with Crippen LogP contribution in [-0.2, 0) is 16.8 Å². The van der Waals surface area contributed by atoms with Crippen LogP contribution in [0.3, 0.4) is 0 Å². The lowest BCUT2D eigenvalue weighted by Gasteiger charge is -2.22. The monoisotopic (exact) mass is 427 g/mol. The van der Waals surface area contributed by atoms with Gasteiger partial charge in [0, 0.05) is 5.56 Å². The molecule has 6 heteroatoms. The van der Waals surface area contributed by atoms with Crippen molar-refractivity contribution in [2.45, 2.75) is 37.0 Å². The van der Waals surface area contributed by atoms with Gasteiger partial charge in [0.2, 0.25) is 0 Å². The molecule has 0 amide bonds. The Morgan fingerprint density at radius 2 is 1.83 bits per heavy atom. The van der Waals surface area contributed by atoms with Gasteiger partial charge in [0.05, 0.1) is 9.21 Å². The largest absolute Gasteiger partial charge is 0.514 e. The van der Waals surface area contributed by atoms with Crippen molar-refractivity contribution in [2.24, 2.45) is 0 Å². The molecule has 0 aliphatic carbocycles. The van der Waals surface area contributed by atoms with Crippen molar-refractivity contribution in [2.75, 3.05) is 12.0 Å². The van der Waals surface area contributed by atoms with Crippen molar-refractivity contribution in [1.82, 2.24) is 0 Å². The Hall–Kier alpha value is -2.44. The molecule has 0 saturated carbocycles. The van der Waals surface area contributed by atoms with E-state index in [9.17, 15) is 4.79 Å². The number of hydrogen-bond donors (Lipinski definition) is 1. The number of rotatable bonds is 5. The summed E-state index contributed by atoms with van der Waals surface area (Å²) in [5.74, 6) is 0.428. The van der Waals surface area contributed by atoms with Gasteiger partial charge in [-0.05, 0) is 40.5 Å². The molecule has 0 unspecified atom stereocenters. The maximum absolute atomic E-state index is 12.1. The summed E-state index contributed by atoms with van der Waals surface area (Å²) in [6.45, 7) is 6.71. The standard InChI is InChI=1S/C23H25NO3S2/c1-23(2,3)19-18(20(24)29-21(19)28-4)16-11-8-12-17(13-16)27-22(25)26-14-15-9-6-5-7-10-15/h5-13H,14,24H2,1-4H3. The van der Waals surface area contributed by atoms with E-state index in [1.165, 1.54) is 9.77 Å². The number of nitrogens with two attached hydrogens (primary N) is 1. The van der Waals surface area contributed by atoms with Gasteiger partial charge >= 0.3 is 6.16 Å². The quantitative estimate of drug-likeness (QED) is 0.278. The predicted molar refractivity (Wildman–Crippen MR) is 122 cm³/mol. The highest BCUT2D eigenvalue weighted by atomic mass is 32.2. The first kappa shape index (κ1) is 21.3. The maximum atomic E-state index is 12.1. The first-order chi connectivity index (χ1) is 13.8. The number of thioether (sulfide) groups is 1. The van der Waals surface area contributed by atoms with Crippen LogP contribution >= 0.6 is 23.1 Å². The average Bonchev–Trinajstić information content (AvgIpc) is 3.04. The second-order valence-corrected chi connectivity index (χ2v) is 9.74. The van der Waals surface area contributed by atoms with Gasteiger partial charge in [0.1, 0.15) is 12.4 Å². The molecule has 3 rings (SSSR count). The highest BCUT2D eigenvalue weighted by molar-refractivity contribution is 8.00. The third-order valence-electron chi connectivity index (χ3n) is 4.36. The zero-order valence-electron chi connectivity index (χ0n) is 17.0. The summed E-state index contributed by atoms with van der Waals surface area (Å²) < 4.78 is 11.8. The Morgan fingerprint density at radius 3 is 2.48 bits per heavy atom. The zero-order valence-corrected chi connectivity index (χ0v) is 18.7. The Morgan fingerprint density at radius 1 is 1.10 bits per heavy atom. The molecule has 2 N–H and O–H groups in total. The highest BCUT2D eigenvalue weighted by Gasteiger charge is 2.27. The molecule has 0 atom stereocenters. The first-order valence-corrected chi connectivity index (χ1v) is 11.3. The van der Waals surface area contributed by atoms with Crippen LogP contribution in [0.15, 0.2) is 58.8 Å². The molecule has 0 fully saturated rings. The van der Waals surface area contributed by atoms with Crippen LogP contribution in [0.25, 0.3) is 11.1 Å². The average molecular weight is 428 g/mol. The first-order valence-electron chi connectivity index (χ1n) is 9.25. The zero-order chi connectivity index (χ0) is 21.0. The minimum absolute atomic E-state index is 0.0622. The van der Waals surface area contributed by atoms with Crippen molar-refractivity contribution in [3.8, 4) is 16.9 Å². The van der Waals surface area contributed by atoms with E-state index in [1.54, 1.807) is 29.2 Å². The number of nitrogen functional groups attached to an aromatic ring is 1. The number of hydrogen-bond acceptors (Lipinski definition) is 6. The summed E-state index contributed by atoms with van der Waals surface area (Å²) in [6.07, 6.45) is 1.33. The summed E-state index contributed by atoms with van der Waals surface area (Å²) >= 11 is 3.30. The number of carbonyl (C=O) groups is 1. The fourth-order valence-electron chi connectivity index (χ4n) is 3.10. The number of anilines is 1. The van der Waals surface area contributed by atoms with Crippen LogP contribution in [-0.4, -0.2) is 12.4 Å². The lowest BCUT2D eigenvalue weighted by molar-refractivity contribution is 0.0928. The van der Waals surface area contributed by atoms with E-state index < -0.39 is 6.16 Å². The molecule has 3 aromatic rings. The van der Waals surface area contributed by atoms with Crippen LogP contribution < -0.4 is 10.5 Å². The van der Waals surface area contributed by atoms with Gasteiger partial charge in [-0.2, -0.15) is 0 Å². The summed E-state index contributed by atoms with van der Waals surface area (Å²) in [5.41, 5.74) is 10.4.